The number of benzene rings is 2. The molecule has 9 nitrogen and oxygen atoms in total. The van der Waals surface area contributed by atoms with Crippen LogP contribution in [0.15, 0.2) is 60.8 Å². The van der Waals surface area contributed by atoms with Crippen LogP contribution in [0.4, 0.5) is 10.5 Å². The van der Waals surface area contributed by atoms with Gasteiger partial charge in [-0.25, -0.2) is 9.69 Å². The molecule has 196 valence electrons. The van der Waals surface area contributed by atoms with Gasteiger partial charge in [-0.1, -0.05) is 23.7 Å². The van der Waals surface area contributed by atoms with E-state index in [4.69, 9.17) is 31.1 Å². The molecule has 0 N–H and O–H groups in total. The van der Waals surface area contributed by atoms with E-state index in [1.165, 1.54) is 19.2 Å². The molecule has 38 heavy (non-hydrogen) atoms. The van der Waals surface area contributed by atoms with Crippen molar-refractivity contribution in [1.82, 2.24) is 4.98 Å². The quantitative estimate of drug-likeness (QED) is 0.315. The Balaban J connectivity index is 1.84. The number of carbonyl (C=O) groups excluding carboxylic acids is 3. The predicted molar refractivity (Wildman–Crippen MR) is 140 cm³/mol. The zero-order chi connectivity index (χ0) is 27.8. The number of anilines is 1. The van der Waals surface area contributed by atoms with Gasteiger partial charge in [0.1, 0.15) is 23.3 Å². The molecular formula is C28H26ClN3O6. The van der Waals surface area contributed by atoms with Crippen LogP contribution in [0.2, 0.25) is 5.02 Å². The highest BCUT2D eigenvalue weighted by Crippen LogP contribution is 2.33. The van der Waals surface area contributed by atoms with Gasteiger partial charge in [0.25, 0.3) is 0 Å². The monoisotopic (exact) mass is 535 g/mol. The Bertz CT molecular complexity index is 1350. The van der Waals surface area contributed by atoms with Crippen LogP contribution < -0.4 is 9.64 Å². The van der Waals surface area contributed by atoms with Gasteiger partial charge in [0.05, 0.1) is 34.9 Å². The summed E-state index contributed by atoms with van der Waals surface area (Å²) < 4.78 is 16.3. The second kappa shape index (κ2) is 12.7. The molecule has 2 aromatic carbocycles. The number of aromatic nitrogens is 1. The first-order valence-electron chi connectivity index (χ1n) is 11.7. The zero-order valence-corrected chi connectivity index (χ0v) is 22.1. The summed E-state index contributed by atoms with van der Waals surface area (Å²) in [5.74, 6) is -0.0278. The second-order valence-corrected chi connectivity index (χ2v) is 8.88. The average Bonchev–Trinajstić information content (AvgIpc) is 2.86. The van der Waals surface area contributed by atoms with E-state index in [1.807, 2.05) is 6.07 Å². The van der Waals surface area contributed by atoms with E-state index < -0.39 is 30.2 Å². The molecular weight excluding hydrogens is 510 g/mol. The SMILES string of the molecule is CC(=O)OC(C)c1nccc(N(C(=O)Cc2ccc(Oc3ccc(C#N)cc3)cc2)C(=O)OC(C)C)c1Cl. The number of nitrogens with zero attached hydrogens (tertiary/aromatic N) is 3. The van der Waals surface area contributed by atoms with Crippen LogP contribution in [-0.2, 0) is 25.5 Å². The molecule has 1 atom stereocenters. The van der Waals surface area contributed by atoms with Crippen molar-refractivity contribution >= 4 is 35.3 Å². The van der Waals surface area contributed by atoms with Crippen LogP contribution in [0.25, 0.3) is 0 Å². The van der Waals surface area contributed by atoms with Crippen LogP contribution in [0.1, 0.15) is 50.6 Å². The first kappa shape index (κ1) is 28.2. The standard InChI is InChI=1S/C28H26ClN3O6/c1-17(2)36-28(35)32(24-13-14-31-27(26(24)29)18(3)37-19(4)33)25(34)15-20-5-9-22(10-6-20)38-23-11-7-21(16-30)8-12-23/h5-14,17-18H,15H2,1-4H3. The maximum absolute atomic E-state index is 13.4. The molecule has 0 radical (unpaired) electrons. The fourth-order valence-corrected chi connectivity index (χ4v) is 3.81. The van der Waals surface area contributed by atoms with Gasteiger partial charge < -0.3 is 14.2 Å². The van der Waals surface area contributed by atoms with Crippen molar-refractivity contribution in [2.24, 2.45) is 0 Å². The third kappa shape index (κ3) is 7.31. The Labute approximate surface area is 225 Å². The smallest absolute Gasteiger partial charge is 0.421 e. The first-order chi connectivity index (χ1) is 18.1. The summed E-state index contributed by atoms with van der Waals surface area (Å²) in [4.78, 5) is 42.8. The van der Waals surface area contributed by atoms with Crippen molar-refractivity contribution < 1.29 is 28.6 Å². The fourth-order valence-electron chi connectivity index (χ4n) is 3.46. The average molecular weight is 536 g/mol. The van der Waals surface area contributed by atoms with Crippen molar-refractivity contribution in [3.63, 3.8) is 0 Å². The molecule has 0 saturated carbocycles. The van der Waals surface area contributed by atoms with Gasteiger partial charge in [-0.15, -0.1) is 0 Å². The highest BCUT2D eigenvalue weighted by molar-refractivity contribution is 6.35. The lowest BCUT2D eigenvalue weighted by atomic mass is 10.1. The van der Waals surface area contributed by atoms with Gasteiger partial charge in [-0.2, -0.15) is 5.26 Å². The zero-order valence-electron chi connectivity index (χ0n) is 21.3. The lowest BCUT2D eigenvalue weighted by Gasteiger charge is -2.24. The Morgan fingerprint density at radius 1 is 0.974 bits per heavy atom. The molecule has 3 aromatic rings. The van der Waals surface area contributed by atoms with Crippen molar-refractivity contribution in [3.8, 4) is 17.6 Å². The Morgan fingerprint density at radius 3 is 2.13 bits per heavy atom. The molecule has 0 saturated heterocycles. The van der Waals surface area contributed by atoms with E-state index in [9.17, 15) is 14.4 Å². The van der Waals surface area contributed by atoms with Crippen LogP contribution in [0.5, 0.6) is 11.5 Å². The number of imide groups is 1. The Morgan fingerprint density at radius 2 is 1.58 bits per heavy atom. The van der Waals surface area contributed by atoms with Crippen LogP contribution in [0.3, 0.4) is 0 Å². The van der Waals surface area contributed by atoms with E-state index in [0.717, 1.165) is 4.90 Å². The number of ether oxygens (including phenoxy) is 3. The molecule has 1 heterocycles. The van der Waals surface area contributed by atoms with Crippen LogP contribution in [0, 0.1) is 11.3 Å². The third-order valence-electron chi connectivity index (χ3n) is 5.13. The lowest BCUT2D eigenvalue weighted by molar-refractivity contribution is -0.146. The van der Waals surface area contributed by atoms with E-state index in [-0.39, 0.29) is 22.8 Å². The van der Waals surface area contributed by atoms with Gasteiger partial charge in [0.15, 0.2) is 0 Å². The van der Waals surface area contributed by atoms with Gasteiger partial charge in [0, 0.05) is 13.1 Å². The molecule has 0 aliphatic heterocycles. The third-order valence-corrected chi connectivity index (χ3v) is 5.52. The highest BCUT2D eigenvalue weighted by Gasteiger charge is 2.30. The number of rotatable bonds is 8. The van der Waals surface area contributed by atoms with Gasteiger partial charge in [-0.05, 0) is 68.8 Å². The number of hydrogen-bond acceptors (Lipinski definition) is 8. The second-order valence-electron chi connectivity index (χ2n) is 8.50. The molecule has 3 rings (SSSR count). The molecule has 2 amide bonds. The van der Waals surface area contributed by atoms with Crippen LogP contribution >= 0.6 is 11.6 Å². The maximum atomic E-state index is 13.4. The maximum Gasteiger partial charge on any atom is 0.421 e. The normalized spacial score (nSPS) is 11.3. The number of halogens is 1. The van der Waals surface area contributed by atoms with Crippen LogP contribution in [-0.4, -0.2) is 29.1 Å². The van der Waals surface area contributed by atoms with Crippen molar-refractivity contribution in [3.05, 3.63) is 82.6 Å². The van der Waals surface area contributed by atoms with E-state index in [1.54, 1.807) is 69.3 Å². The molecule has 0 fully saturated rings. The lowest BCUT2D eigenvalue weighted by Crippen LogP contribution is -2.40. The summed E-state index contributed by atoms with van der Waals surface area (Å²) in [6.45, 7) is 6.16. The number of nitriles is 1. The predicted octanol–water partition coefficient (Wildman–Crippen LogP) is 6.14. The molecule has 0 bridgehead atoms. The Kier molecular flexibility index (Phi) is 9.41. The van der Waals surface area contributed by atoms with Gasteiger partial charge in [0.2, 0.25) is 5.91 Å². The molecule has 1 unspecified atom stereocenters. The highest BCUT2D eigenvalue weighted by atomic mass is 35.5. The topological polar surface area (TPSA) is 119 Å². The number of amides is 2. The number of pyridine rings is 1. The van der Waals surface area contributed by atoms with Crippen molar-refractivity contribution in [2.75, 3.05) is 4.90 Å². The van der Waals surface area contributed by atoms with Gasteiger partial charge >= 0.3 is 12.1 Å². The summed E-state index contributed by atoms with van der Waals surface area (Å²) in [6, 6.07) is 16.9. The molecule has 10 heteroatoms. The number of carbonyl (C=O) groups is 3. The van der Waals surface area contributed by atoms with E-state index in [0.29, 0.717) is 22.6 Å². The van der Waals surface area contributed by atoms with Crippen molar-refractivity contribution in [1.29, 1.82) is 5.26 Å². The molecule has 0 aliphatic carbocycles. The minimum Gasteiger partial charge on any atom is -0.457 e. The van der Waals surface area contributed by atoms with Gasteiger partial charge in [-0.3, -0.25) is 14.6 Å². The fraction of sp³-hybridized carbons (Fsp3) is 0.250. The van der Waals surface area contributed by atoms with E-state index in [2.05, 4.69) is 4.98 Å². The Hall–Kier alpha value is -4.42. The summed E-state index contributed by atoms with van der Waals surface area (Å²) >= 11 is 6.54. The molecule has 1 aromatic heterocycles. The minimum absolute atomic E-state index is 0.0125. The molecule has 0 spiro atoms. The minimum atomic E-state index is -0.898. The molecule has 0 aliphatic rings. The summed E-state index contributed by atoms with van der Waals surface area (Å²) in [5.41, 5.74) is 1.39. The van der Waals surface area contributed by atoms with E-state index >= 15 is 0 Å². The first-order valence-corrected chi connectivity index (χ1v) is 12.1. The largest absolute Gasteiger partial charge is 0.457 e. The summed E-state index contributed by atoms with van der Waals surface area (Å²) in [5, 5.41) is 8.90. The summed E-state index contributed by atoms with van der Waals surface area (Å²) in [6.07, 6.45) is -0.963. The number of hydrogen-bond donors (Lipinski definition) is 0. The summed E-state index contributed by atoms with van der Waals surface area (Å²) in [7, 11) is 0. The van der Waals surface area contributed by atoms with Crippen molar-refractivity contribution in [2.45, 2.75) is 46.3 Å². The number of esters is 1.